The number of rotatable bonds is 2. The van der Waals surface area contributed by atoms with Crippen molar-refractivity contribution >= 4 is 11.5 Å². The van der Waals surface area contributed by atoms with Crippen molar-refractivity contribution in [2.75, 3.05) is 18.0 Å². The molecule has 1 fully saturated rings. The zero-order valence-electron chi connectivity index (χ0n) is 10.8. The first-order valence-corrected chi connectivity index (χ1v) is 6.58. The van der Waals surface area contributed by atoms with Gasteiger partial charge in [-0.3, -0.25) is 9.50 Å². The molecular formula is C13H14N6O. The molecule has 0 bridgehead atoms. The van der Waals surface area contributed by atoms with Gasteiger partial charge in [-0.25, -0.2) is 9.97 Å². The molecule has 102 valence electrons. The first-order chi connectivity index (χ1) is 9.83. The highest BCUT2D eigenvalue weighted by Gasteiger charge is 2.24. The fourth-order valence-electron chi connectivity index (χ4n) is 2.66. The van der Waals surface area contributed by atoms with Crippen LogP contribution in [-0.4, -0.2) is 48.9 Å². The van der Waals surface area contributed by atoms with E-state index >= 15 is 0 Å². The number of aromatic nitrogens is 5. The molecule has 0 saturated carbocycles. The van der Waals surface area contributed by atoms with Crippen molar-refractivity contribution in [1.82, 2.24) is 24.6 Å². The Kier molecular flexibility index (Phi) is 2.46. The molecule has 7 nitrogen and oxygen atoms in total. The van der Waals surface area contributed by atoms with Gasteiger partial charge in [0.1, 0.15) is 0 Å². The van der Waals surface area contributed by atoms with Crippen molar-refractivity contribution in [1.29, 1.82) is 0 Å². The molecule has 20 heavy (non-hydrogen) atoms. The van der Waals surface area contributed by atoms with Crippen molar-refractivity contribution < 1.29 is 5.11 Å². The molecule has 4 rings (SSSR count). The molecule has 4 heterocycles. The first kappa shape index (κ1) is 11.4. The second kappa shape index (κ2) is 4.31. The predicted octanol–water partition coefficient (Wildman–Crippen LogP) is 0.690. The summed E-state index contributed by atoms with van der Waals surface area (Å²) < 4.78 is 1.99. The molecule has 0 spiro atoms. The molecule has 0 aliphatic carbocycles. The monoisotopic (exact) mass is 270 g/mol. The Labute approximate surface area is 114 Å². The third kappa shape index (κ3) is 1.67. The number of nitrogens with one attached hydrogen (secondary N) is 1. The number of H-pyrrole nitrogens is 1. The summed E-state index contributed by atoms with van der Waals surface area (Å²) in [5.41, 5.74) is 2.66. The van der Waals surface area contributed by atoms with Crippen molar-refractivity contribution in [3.63, 3.8) is 0 Å². The normalized spacial score (nSPS) is 19.1. The highest BCUT2D eigenvalue weighted by Crippen LogP contribution is 2.25. The SMILES string of the molecule is OC1CCN(c2nccn3c(-c4ccn[nH]4)cnc23)C1. The molecule has 1 aliphatic rings. The van der Waals surface area contributed by atoms with Gasteiger partial charge < -0.3 is 10.0 Å². The fraction of sp³-hybridized carbons (Fsp3) is 0.308. The molecule has 1 atom stereocenters. The second-order valence-corrected chi connectivity index (χ2v) is 4.95. The summed E-state index contributed by atoms with van der Waals surface area (Å²) in [6.07, 6.45) is 7.66. The lowest BCUT2D eigenvalue weighted by Crippen LogP contribution is -2.23. The van der Waals surface area contributed by atoms with Gasteiger partial charge in [0, 0.05) is 31.7 Å². The number of anilines is 1. The summed E-state index contributed by atoms with van der Waals surface area (Å²) in [4.78, 5) is 11.0. The largest absolute Gasteiger partial charge is 0.391 e. The number of hydrogen-bond donors (Lipinski definition) is 2. The topological polar surface area (TPSA) is 82.3 Å². The number of hydrogen-bond acceptors (Lipinski definition) is 5. The van der Waals surface area contributed by atoms with Crippen molar-refractivity contribution in [3.05, 3.63) is 30.9 Å². The predicted molar refractivity (Wildman–Crippen MR) is 73.4 cm³/mol. The molecule has 1 unspecified atom stereocenters. The molecule has 1 saturated heterocycles. The molecule has 3 aromatic rings. The van der Waals surface area contributed by atoms with E-state index in [0.717, 1.165) is 35.8 Å². The molecule has 0 aromatic carbocycles. The van der Waals surface area contributed by atoms with Crippen molar-refractivity contribution in [2.24, 2.45) is 0 Å². The van der Waals surface area contributed by atoms with E-state index in [-0.39, 0.29) is 6.10 Å². The van der Waals surface area contributed by atoms with Gasteiger partial charge >= 0.3 is 0 Å². The molecule has 0 radical (unpaired) electrons. The lowest BCUT2D eigenvalue weighted by atomic mass is 10.3. The standard InChI is InChI=1S/C13H14N6O/c20-9-2-5-18(8-9)12-13-15-7-11(10-1-3-16-17-10)19(13)6-4-14-12/h1,3-4,6-7,9,20H,2,5,8H2,(H,16,17). The summed E-state index contributed by atoms with van der Waals surface area (Å²) in [5, 5.41) is 16.6. The van der Waals surface area contributed by atoms with Crippen LogP contribution in [0.4, 0.5) is 5.82 Å². The summed E-state index contributed by atoms with van der Waals surface area (Å²) >= 11 is 0. The van der Waals surface area contributed by atoms with Crippen LogP contribution in [0.3, 0.4) is 0 Å². The van der Waals surface area contributed by atoms with E-state index in [0.29, 0.717) is 6.54 Å². The number of nitrogens with zero attached hydrogens (tertiary/aromatic N) is 5. The van der Waals surface area contributed by atoms with Crippen LogP contribution >= 0.6 is 0 Å². The van der Waals surface area contributed by atoms with Crippen LogP contribution in [0, 0.1) is 0 Å². The van der Waals surface area contributed by atoms with Gasteiger partial charge in [0.05, 0.1) is 23.7 Å². The highest BCUT2D eigenvalue weighted by atomic mass is 16.3. The molecular weight excluding hydrogens is 256 g/mol. The maximum absolute atomic E-state index is 9.68. The van der Waals surface area contributed by atoms with Gasteiger partial charge in [0.25, 0.3) is 0 Å². The minimum Gasteiger partial charge on any atom is -0.391 e. The van der Waals surface area contributed by atoms with Crippen LogP contribution in [-0.2, 0) is 0 Å². The smallest absolute Gasteiger partial charge is 0.180 e. The maximum atomic E-state index is 9.68. The molecule has 3 aromatic heterocycles. The molecule has 2 N–H and O–H groups in total. The number of aliphatic hydroxyl groups excluding tert-OH is 1. The van der Waals surface area contributed by atoms with Crippen molar-refractivity contribution in [3.8, 4) is 11.4 Å². The maximum Gasteiger partial charge on any atom is 0.180 e. The number of aliphatic hydroxyl groups is 1. The zero-order chi connectivity index (χ0) is 13.5. The number of fused-ring (bicyclic) bond motifs is 1. The van der Waals surface area contributed by atoms with E-state index in [1.165, 1.54) is 0 Å². The molecule has 1 aliphatic heterocycles. The number of β-amino-alcohol motifs (C(OH)–C–C–N with tert-alkyl or cyclic N) is 1. The first-order valence-electron chi connectivity index (χ1n) is 6.58. The Hall–Kier alpha value is -2.41. The fourth-order valence-corrected chi connectivity index (χ4v) is 2.66. The van der Waals surface area contributed by atoms with Gasteiger partial charge in [-0.05, 0) is 12.5 Å². The van der Waals surface area contributed by atoms with Gasteiger partial charge in [-0.2, -0.15) is 5.10 Å². The Bertz CT molecular complexity index is 734. The average Bonchev–Trinajstić information content (AvgIpc) is 3.17. The van der Waals surface area contributed by atoms with Crippen LogP contribution in [0.15, 0.2) is 30.9 Å². The molecule has 0 amide bonds. The quantitative estimate of drug-likeness (QED) is 0.716. The third-order valence-electron chi connectivity index (χ3n) is 3.65. The van der Waals surface area contributed by atoms with E-state index in [4.69, 9.17) is 0 Å². The van der Waals surface area contributed by atoms with Crippen LogP contribution in [0.25, 0.3) is 17.0 Å². The average molecular weight is 270 g/mol. The number of imidazole rings is 1. The second-order valence-electron chi connectivity index (χ2n) is 4.95. The van der Waals surface area contributed by atoms with E-state index in [9.17, 15) is 5.11 Å². The van der Waals surface area contributed by atoms with Gasteiger partial charge in [0.15, 0.2) is 11.5 Å². The zero-order valence-corrected chi connectivity index (χ0v) is 10.8. The van der Waals surface area contributed by atoms with Crippen LogP contribution in [0.1, 0.15) is 6.42 Å². The molecule has 7 heteroatoms. The van der Waals surface area contributed by atoms with E-state index < -0.39 is 0 Å². The van der Waals surface area contributed by atoms with Gasteiger partial charge in [0.2, 0.25) is 0 Å². The summed E-state index contributed by atoms with van der Waals surface area (Å²) in [6.45, 7) is 1.42. The van der Waals surface area contributed by atoms with Gasteiger partial charge in [-0.15, -0.1) is 0 Å². The van der Waals surface area contributed by atoms with E-state index in [1.54, 1.807) is 18.6 Å². The summed E-state index contributed by atoms with van der Waals surface area (Å²) in [7, 11) is 0. The lowest BCUT2D eigenvalue weighted by molar-refractivity contribution is 0.198. The highest BCUT2D eigenvalue weighted by molar-refractivity contribution is 5.70. The third-order valence-corrected chi connectivity index (χ3v) is 3.65. The Balaban J connectivity index is 1.84. The number of aromatic amines is 1. The minimum atomic E-state index is -0.279. The van der Waals surface area contributed by atoms with Crippen molar-refractivity contribution in [2.45, 2.75) is 12.5 Å². The van der Waals surface area contributed by atoms with Crippen LogP contribution < -0.4 is 4.90 Å². The summed E-state index contributed by atoms with van der Waals surface area (Å²) in [5.74, 6) is 0.815. The van der Waals surface area contributed by atoms with Crippen LogP contribution in [0.5, 0.6) is 0 Å². The Morgan fingerprint density at radius 3 is 3.00 bits per heavy atom. The van der Waals surface area contributed by atoms with E-state index in [1.807, 2.05) is 16.7 Å². The Morgan fingerprint density at radius 2 is 2.25 bits per heavy atom. The minimum absolute atomic E-state index is 0.279. The lowest BCUT2D eigenvalue weighted by Gasteiger charge is -2.16. The summed E-state index contributed by atoms with van der Waals surface area (Å²) in [6, 6.07) is 1.91. The van der Waals surface area contributed by atoms with Gasteiger partial charge in [-0.1, -0.05) is 0 Å². The van der Waals surface area contributed by atoms with Crippen LogP contribution in [0.2, 0.25) is 0 Å². The van der Waals surface area contributed by atoms with E-state index in [2.05, 4.69) is 25.1 Å². The Morgan fingerprint density at radius 1 is 1.30 bits per heavy atom.